The Morgan fingerprint density at radius 1 is 1.11 bits per heavy atom. The number of pyridine rings is 1. The maximum absolute atomic E-state index is 13.3. The molecule has 3 aliphatic rings. The van der Waals surface area contributed by atoms with Crippen LogP contribution in [0.25, 0.3) is 6.08 Å². The summed E-state index contributed by atoms with van der Waals surface area (Å²) in [5.74, 6) is 0.263. The smallest absolute Gasteiger partial charge is 0.162 e. The maximum atomic E-state index is 13.3. The SMILES string of the molecule is CC1(C)CC(=O)C2=C(C1)Nc1ccc3c(c1C2c1ccncc1)C=CCC3. The highest BCUT2D eigenvalue weighted by atomic mass is 16.1. The van der Waals surface area contributed by atoms with Crippen LogP contribution in [0.2, 0.25) is 0 Å². The van der Waals surface area contributed by atoms with Crippen LogP contribution in [0.5, 0.6) is 0 Å². The van der Waals surface area contributed by atoms with Gasteiger partial charge in [0.05, 0.1) is 0 Å². The van der Waals surface area contributed by atoms with Crippen molar-refractivity contribution in [3.63, 3.8) is 0 Å². The van der Waals surface area contributed by atoms with Gasteiger partial charge in [0, 0.05) is 41.7 Å². The van der Waals surface area contributed by atoms with E-state index in [1.807, 2.05) is 12.4 Å². The van der Waals surface area contributed by atoms with Crippen LogP contribution < -0.4 is 5.32 Å². The van der Waals surface area contributed by atoms with Gasteiger partial charge in [-0.2, -0.15) is 0 Å². The van der Waals surface area contributed by atoms with Gasteiger partial charge in [-0.25, -0.2) is 0 Å². The summed E-state index contributed by atoms with van der Waals surface area (Å²) in [5.41, 5.74) is 8.28. The maximum Gasteiger partial charge on any atom is 0.162 e. The van der Waals surface area contributed by atoms with Crippen molar-refractivity contribution in [2.75, 3.05) is 5.32 Å². The Balaban J connectivity index is 1.78. The van der Waals surface area contributed by atoms with Gasteiger partial charge in [-0.3, -0.25) is 9.78 Å². The second-order valence-corrected chi connectivity index (χ2v) is 8.71. The lowest BCUT2D eigenvalue weighted by atomic mass is 9.67. The average molecular weight is 356 g/mol. The van der Waals surface area contributed by atoms with E-state index in [9.17, 15) is 4.79 Å². The zero-order valence-corrected chi connectivity index (χ0v) is 15.9. The van der Waals surface area contributed by atoms with Crippen LogP contribution in [0.3, 0.4) is 0 Å². The van der Waals surface area contributed by atoms with Crippen molar-refractivity contribution < 1.29 is 4.79 Å². The number of aromatic nitrogens is 1. The Morgan fingerprint density at radius 3 is 2.74 bits per heavy atom. The molecule has 1 N–H and O–H groups in total. The molecule has 0 bridgehead atoms. The molecule has 2 heterocycles. The van der Waals surface area contributed by atoms with E-state index >= 15 is 0 Å². The molecule has 0 radical (unpaired) electrons. The van der Waals surface area contributed by atoms with E-state index in [0.717, 1.165) is 41.8 Å². The minimum absolute atomic E-state index is 0.00265. The first-order valence-corrected chi connectivity index (χ1v) is 9.79. The number of nitrogens with zero attached hydrogens (tertiary/aromatic N) is 1. The molecule has 1 aliphatic heterocycles. The third-order valence-corrected chi connectivity index (χ3v) is 6.06. The number of Topliss-reactive ketones (excluding diaryl/α,β-unsaturated/α-hetero) is 1. The van der Waals surface area contributed by atoms with Gasteiger partial charge in [-0.1, -0.05) is 32.1 Å². The van der Waals surface area contributed by atoms with Crippen LogP contribution in [0.4, 0.5) is 5.69 Å². The van der Waals surface area contributed by atoms with E-state index in [4.69, 9.17) is 0 Å². The fourth-order valence-electron chi connectivity index (χ4n) is 4.93. The first-order valence-electron chi connectivity index (χ1n) is 9.79. The van der Waals surface area contributed by atoms with Gasteiger partial charge in [0.2, 0.25) is 0 Å². The summed E-state index contributed by atoms with van der Waals surface area (Å²) in [6.45, 7) is 4.37. The van der Waals surface area contributed by atoms with Gasteiger partial charge in [0.15, 0.2) is 5.78 Å². The number of benzene rings is 1. The van der Waals surface area contributed by atoms with Gasteiger partial charge >= 0.3 is 0 Å². The zero-order chi connectivity index (χ0) is 18.6. The van der Waals surface area contributed by atoms with Crippen molar-refractivity contribution in [1.82, 2.24) is 4.98 Å². The van der Waals surface area contributed by atoms with Gasteiger partial charge in [0.1, 0.15) is 0 Å². The van der Waals surface area contributed by atoms with Crippen LogP contribution >= 0.6 is 0 Å². The quantitative estimate of drug-likeness (QED) is 0.759. The van der Waals surface area contributed by atoms with E-state index < -0.39 is 0 Å². The molecule has 2 aliphatic carbocycles. The van der Waals surface area contributed by atoms with Crippen LogP contribution in [-0.2, 0) is 11.2 Å². The molecule has 1 atom stereocenters. The van der Waals surface area contributed by atoms with Crippen LogP contribution in [0.15, 0.2) is 54.0 Å². The number of hydrogen-bond donors (Lipinski definition) is 1. The molecule has 0 fully saturated rings. The topological polar surface area (TPSA) is 42.0 Å². The van der Waals surface area contributed by atoms with Crippen molar-refractivity contribution in [2.24, 2.45) is 5.41 Å². The van der Waals surface area contributed by atoms with Gasteiger partial charge in [-0.05, 0) is 65.1 Å². The Bertz CT molecular complexity index is 999. The lowest BCUT2D eigenvalue weighted by Crippen LogP contribution is -2.34. The molecule has 3 heteroatoms. The molecule has 0 saturated heterocycles. The lowest BCUT2D eigenvalue weighted by Gasteiger charge is -2.40. The summed E-state index contributed by atoms with van der Waals surface area (Å²) in [7, 11) is 0. The predicted octanol–water partition coefficient (Wildman–Crippen LogP) is 5.24. The Labute approximate surface area is 160 Å². The predicted molar refractivity (Wildman–Crippen MR) is 109 cm³/mol. The highest BCUT2D eigenvalue weighted by Crippen LogP contribution is 2.50. The van der Waals surface area contributed by atoms with Crippen molar-refractivity contribution in [1.29, 1.82) is 0 Å². The van der Waals surface area contributed by atoms with E-state index in [1.165, 1.54) is 16.7 Å². The largest absolute Gasteiger partial charge is 0.358 e. The Kier molecular flexibility index (Phi) is 3.61. The molecular formula is C24H24N2O. The number of aryl methyl sites for hydroxylation is 1. The fraction of sp³-hybridized carbons (Fsp3) is 0.333. The van der Waals surface area contributed by atoms with E-state index in [2.05, 4.69) is 60.6 Å². The van der Waals surface area contributed by atoms with E-state index in [0.29, 0.717) is 6.42 Å². The van der Waals surface area contributed by atoms with Crippen molar-refractivity contribution in [2.45, 2.75) is 45.4 Å². The third-order valence-electron chi connectivity index (χ3n) is 6.06. The molecule has 27 heavy (non-hydrogen) atoms. The summed E-state index contributed by atoms with van der Waals surface area (Å²) >= 11 is 0. The molecule has 136 valence electrons. The van der Waals surface area contributed by atoms with Gasteiger partial charge < -0.3 is 5.32 Å². The van der Waals surface area contributed by atoms with Crippen LogP contribution in [-0.4, -0.2) is 10.8 Å². The number of carbonyl (C=O) groups is 1. The van der Waals surface area contributed by atoms with Gasteiger partial charge in [-0.15, -0.1) is 0 Å². The molecule has 0 saturated carbocycles. The van der Waals surface area contributed by atoms with Crippen molar-refractivity contribution in [3.05, 3.63) is 76.3 Å². The molecule has 3 nitrogen and oxygen atoms in total. The first-order chi connectivity index (χ1) is 13.0. The van der Waals surface area contributed by atoms with E-state index in [-0.39, 0.29) is 17.1 Å². The summed E-state index contributed by atoms with van der Waals surface area (Å²) < 4.78 is 0. The molecule has 5 rings (SSSR count). The molecule has 0 amide bonds. The number of nitrogens with one attached hydrogen (secondary N) is 1. The number of carbonyl (C=O) groups excluding carboxylic acids is 1. The zero-order valence-electron chi connectivity index (χ0n) is 15.9. The molecule has 0 spiro atoms. The second kappa shape index (κ2) is 5.91. The number of rotatable bonds is 1. The lowest BCUT2D eigenvalue weighted by molar-refractivity contribution is -0.118. The summed E-state index contributed by atoms with van der Waals surface area (Å²) in [5, 5.41) is 3.64. The molecule has 1 aromatic carbocycles. The first kappa shape index (κ1) is 16.5. The second-order valence-electron chi connectivity index (χ2n) is 8.71. The number of hydrogen-bond acceptors (Lipinski definition) is 3. The number of anilines is 1. The van der Waals surface area contributed by atoms with E-state index in [1.54, 1.807) is 0 Å². The number of fused-ring (bicyclic) bond motifs is 3. The Morgan fingerprint density at radius 2 is 1.93 bits per heavy atom. The minimum Gasteiger partial charge on any atom is -0.358 e. The summed E-state index contributed by atoms with van der Waals surface area (Å²) in [6, 6.07) is 8.57. The van der Waals surface area contributed by atoms with Crippen molar-refractivity contribution in [3.8, 4) is 0 Å². The third kappa shape index (κ3) is 2.64. The van der Waals surface area contributed by atoms with Gasteiger partial charge in [0.25, 0.3) is 0 Å². The van der Waals surface area contributed by atoms with Crippen LogP contribution in [0.1, 0.15) is 61.3 Å². The minimum atomic E-state index is -0.0134. The molecule has 1 aromatic heterocycles. The normalized spacial score (nSPS) is 22.6. The average Bonchev–Trinajstić information content (AvgIpc) is 2.66. The standard InChI is InChI=1S/C24H24N2O/c1-24(2)13-19-23(20(27)14-24)21(16-9-11-25-12-10-16)22-17-6-4-3-5-15(17)7-8-18(22)26-19/h4,6-12,21,26H,3,5,13-14H2,1-2H3. The monoisotopic (exact) mass is 356 g/mol. The fourth-order valence-corrected chi connectivity index (χ4v) is 4.93. The molecular weight excluding hydrogens is 332 g/mol. The number of allylic oxidation sites excluding steroid dienone is 3. The van der Waals surface area contributed by atoms with Crippen LogP contribution in [0, 0.1) is 5.41 Å². The summed E-state index contributed by atoms with van der Waals surface area (Å²) in [4.78, 5) is 17.5. The Hall–Kier alpha value is -2.68. The highest BCUT2D eigenvalue weighted by molar-refractivity contribution is 6.02. The summed E-state index contributed by atoms with van der Waals surface area (Å²) in [6.07, 6.45) is 11.8. The molecule has 1 unspecified atom stereocenters. The number of ketones is 1. The van der Waals surface area contributed by atoms with Crippen molar-refractivity contribution >= 4 is 17.5 Å². The highest BCUT2D eigenvalue weighted by Gasteiger charge is 2.41. The molecule has 2 aromatic rings.